The number of nitrogens with two attached hydrogens (primary N) is 1. The van der Waals surface area contributed by atoms with Gasteiger partial charge in [-0.05, 0) is 47.7 Å². The average Bonchev–Trinajstić information content (AvgIpc) is 2.92. The number of anilines is 1. The van der Waals surface area contributed by atoms with Gasteiger partial charge in [0.1, 0.15) is 5.75 Å². The number of nitrogens with one attached hydrogen (secondary N) is 1. The number of nitrogen functional groups attached to an aromatic ring is 1. The molecule has 114 valence electrons. The van der Waals surface area contributed by atoms with E-state index in [9.17, 15) is 4.79 Å². The van der Waals surface area contributed by atoms with Gasteiger partial charge in [-0.15, -0.1) is 0 Å². The molecule has 3 rings (SSSR count). The van der Waals surface area contributed by atoms with Gasteiger partial charge in [0, 0.05) is 5.69 Å². The minimum atomic E-state index is 0.0328. The first-order valence-corrected chi connectivity index (χ1v) is 7.47. The van der Waals surface area contributed by atoms with Crippen LogP contribution in [0, 0.1) is 0 Å². The SMILES string of the molecule is COc1cccc2c1CCC2NC(=O)Cc1ccc(N)cc1. The number of fused-ring (bicyclic) bond motifs is 1. The van der Waals surface area contributed by atoms with E-state index in [0.717, 1.165) is 24.2 Å². The van der Waals surface area contributed by atoms with Gasteiger partial charge in [0.25, 0.3) is 0 Å². The van der Waals surface area contributed by atoms with Gasteiger partial charge in [-0.3, -0.25) is 4.79 Å². The summed E-state index contributed by atoms with van der Waals surface area (Å²) in [6, 6.07) is 13.5. The molecule has 0 saturated heterocycles. The van der Waals surface area contributed by atoms with Crippen molar-refractivity contribution in [1.82, 2.24) is 5.32 Å². The molecule has 0 spiro atoms. The molecule has 2 aromatic carbocycles. The van der Waals surface area contributed by atoms with E-state index in [4.69, 9.17) is 10.5 Å². The highest BCUT2D eigenvalue weighted by molar-refractivity contribution is 5.79. The van der Waals surface area contributed by atoms with Crippen molar-refractivity contribution < 1.29 is 9.53 Å². The first-order valence-electron chi connectivity index (χ1n) is 7.47. The van der Waals surface area contributed by atoms with Crippen LogP contribution in [0.25, 0.3) is 0 Å². The molecule has 3 N–H and O–H groups in total. The molecule has 2 aromatic rings. The number of amides is 1. The standard InChI is InChI=1S/C18H20N2O2/c1-22-17-4-2-3-14-15(17)9-10-16(14)20-18(21)11-12-5-7-13(19)8-6-12/h2-8,16H,9-11,19H2,1H3,(H,20,21). The lowest BCUT2D eigenvalue weighted by Crippen LogP contribution is -2.28. The monoisotopic (exact) mass is 296 g/mol. The highest BCUT2D eigenvalue weighted by atomic mass is 16.5. The van der Waals surface area contributed by atoms with Gasteiger partial charge >= 0.3 is 0 Å². The van der Waals surface area contributed by atoms with E-state index in [-0.39, 0.29) is 11.9 Å². The number of hydrogen-bond donors (Lipinski definition) is 2. The van der Waals surface area contributed by atoms with Crippen LogP contribution in [-0.2, 0) is 17.6 Å². The lowest BCUT2D eigenvalue weighted by Gasteiger charge is -2.15. The number of carbonyl (C=O) groups is 1. The smallest absolute Gasteiger partial charge is 0.224 e. The molecule has 0 radical (unpaired) electrons. The Kier molecular flexibility index (Phi) is 4.00. The molecule has 1 aliphatic rings. The van der Waals surface area contributed by atoms with Crippen molar-refractivity contribution >= 4 is 11.6 Å². The molecule has 1 aliphatic carbocycles. The molecule has 0 aromatic heterocycles. The maximum absolute atomic E-state index is 12.2. The Balaban J connectivity index is 1.68. The number of benzene rings is 2. The highest BCUT2D eigenvalue weighted by Gasteiger charge is 2.26. The van der Waals surface area contributed by atoms with Crippen LogP contribution in [0.4, 0.5) is 5.69 Å². The Morgan fingerprint density at radius 3 is 2.77 bits per heavy atom. The summed E-state index contributed by atoms with van der Waals surface area (Å²) in [5, 5.41) is 3.12. The average molecular weight is 296 g/mol. The summed E-state index contributed by atoms with van der Waals surface area (Å²) in [7, 11) is 1.68. The Labute approximate surface area is 130 Å². The van der Waals surface area contributed by atoms with Crippen LogP contribution in [0.15, 0.2) is 42.5 Å². The third kappa shape index (κ3) is 2.91. The normalized spacial score (nSPS) is 16.1. The molecular weight excluding hydrogens is 276 g/mol. The quantitative estimate of drug-likeness (QED) is 0.852. The van der Waals surface area contributed by atoms with Crippen LogP contribution in [0.3, 0.4) is 0 Å². The van der Waals surface area contributed by atoms with E-state index < -0.39 is 0 Å². The molecule has 4 nitrogen and oxygen atoms in total. The van der Waals surface area contributed by atoms with E-state index in [2.05, 4.69) is 11.4 Å². The molecule has 0 fully saturated rings. The highest BCUT2D eigenvalue weighted by Crippen LogP contribution is 2.36. The van der Waals surface area contributed by atoms with Crippen molar-refractivity contribution in [3.8, 4) is 5.75 Å². The molecule has 0 heterocycles. The van der Waals surface area contributed by atoms with Crippen molar-refractivity contribution in [2.24, 2.45) is 0 Å². The summed E-state index contributed by atoms with van der Waals surface area (Å²) in [6.07, 6.45) is 2.23. The van der Waals surface area contributed by atoms with E-state index in [1.165, 1.54) is 11.1 Å². The Morgan fingerprint density at radius 1 is 1.27 bits per heavy atom. The Hall–Kier alpha value is -2.49. The van der Waals surface area contributed by atoms with E-state index in [0.29, 0.717) is 12.1 Å². The topological polar surface area (TPSA) is 64.3 Å². The third-order valence-corrected chi connectivity index (χ3v) is 4.13. The van der Waals surface area contributed by atoms with Crippen LogP contribution >= 0.6 is 0 Å². The van der Waals surface area contributed by atoms with E-state index >= 15 is 0 Å². The Bertz CT molecular complexity index is 680. The fourth-order valence-electron chi connectivity index (χ4n) is 3.03. The fraction of sp³-hybridized carbons (Fsp3) is 0.278. The van der Waals surface area contributed by atoms with Gasteiger partial charge in [0.05, 0.1) is 19.6 Å². The third-order valence-electron chi connectivity index (χ3n) is 4.13. The van der Waals surface area contributed by atoms with Gasteiger partial charge in [0.2, 0.25) is 5.91 Å². The maximum atomic E-state index is 12.2. The van der Waals surface area contributed by atoms with Gasteiger partial charge < -0.3 is 15.8 Å². The summed E-state index contributed by atoms with van der Waals surface area (Å²) >= 11 is 0. The van der Waals surface area contributed by atoms with Crippen LogP contribution in [0.2, 0.25) is 0 Å². The minimum Gasteiger partial charge on any atom is -0.496 e. The Morgan fingerprint density at radius 2 is 2.05 bits per heavy atom. The summed E-state index contributed by atoms with van der Waals surface area (Å²) in [4.78, 5) is 12.2. The van der Waals surface area contributed by atoms with Crippen molar-refractivity contribution in [3.05, 3.63) is 59.2 Å². The molecule has 0 aliphatic heterocycles. The zero-order valence-electron chi connectivity index (χ0n) is 12.6. The maximum Gasteiger partial charge on any atom is 0.224 e. The first kappa shape index (κ1) is 14.4. The number of hydrogen-bond acceptors (Lipinski definition) is 3. The fourth-order valence-corrected chi connectivity index (χ4v) is 3.03. The van der Waals surface area contributed by atoms with E-state index in [1.54, 1.807) is 7.11 Å². The van der Waals surface area contributed by atoms with Crippen LogP contribution < -0.4 is 15.8 Å². The summed E-state index contributed by atoms with van der Waals surface area (Å²) < 4.78 is 5.39. The molecule has 1 unspecified atom stereocenters. The zero-order valence-corrected chi connectivity index (χ0v) is 12.6. The second kappa shape index (κ2) is 6.10. The van der Waals surface area contributed by atoms with Crippen molar-refractivity contribution in [3.63, 3.8) is 0 Å². The van der Waals surface area contributed by atoms with E-state index in [1.807, 2.05) is 36.4 Å². The second-order valence-corrected chi connectivity index (χ2v) is 5.61. The number of ether oxygens (including phenoxy) is 1. The number of carbonyl (C=O) groups excluding carboxylic acids is 1. The minimum absolute atomic E-state index is 0.0328. The number of methoxy groups -OCH3 is 1. The molecule has 0 bridgehead atoms. The lowest BCUT2D eigenvalue weighted by molar-refractivity contribution is -0.121. The van der Waals surface area contributed by atoms with Crippen LogP contribution in [0.1, 0.15) is 29.2 Å². The molecule has 1 amide bonds. The first-order chi connectivity index (χ1) is 10.7. The predicted octanol–water partition coefficient (Wildman–Crippen LogP) is 2.62. The molecule has 0 saturated carbocycles. The van der Waals surface area contributed by atoms with Crippen LogP contribution in [0.5, 0.6) is 5.75 Å². The van der Waals surface area contributed by atoms with Gasteiger partial charge in [-0.2, -0.15) is 0 Å². The van der Waals surface area contributed by atoms with Crippen molar-refractivity contribution in [2.45, 2.75) is 25.3 Å². The van der Waals surface area contributed by atoms with Crippen LogP contribution in [-0.4, -0.2) is 13.0 Å². The zero-order chi connectivity index (χ0) is 15.5. The summed E-state index contributed by atoms with van der Waals surface area (Å²) in [6.45, 7) is 0. The molecule has 4 heteroatoms. The van der Waals surface area contributed by atoms with Gasteiger partial charge in [-0.1, -0.05) is 24.3 Å². The number of rotatable bonds is 4. The largest absolute Gasteiger partial charge is 0.496 e. The lowest BCUT2D eigenvalue weighted by atomic mass is 10.1. The van der Waals surface area contributed by atoms with Crippen molar-refractivity contribution in [2.75, 3.05) is 12.8 Å². The molecule has 22 heavy (non-hydrogen) atoms. The molecule has 1 atom stereocenters. The summed E-state index contributed by atoms with van der Waals surface area (Å²) in [5.74, 6) is 0.943. The van der Waals surface area contributed by atoms with Gasteiger partial charge in [-0.25, -0.2) is 0 Å². The predicted molar refractivity (Wildman–Crippen MR) is 86.8 cm³/mol. The molecular formula is C18H20N2O2. The van der Waals surface area contributed by atoms with Crippen molar-refractivity contribution in [1.29, 1.82) is 0 Å². The second-order valence-electron chi connectivity index (χ2n) is 5.61. The van der Waals surface area contributed by atoms with Gasteiger partial charge in [0.15, 0.2) is 0 Å². The summed E-state index contributed by atoms with van der Waals surface area (Å²) in [5.41, 5.74) is 9.72.